The normalized spacial score (nSPS) is 17.4. The van der Waals surface area contributed by atoms with Gasteiger partial charge in [0.1, 0.15) is 5.82 Å². The zero-order valence-electron chi connectivity index (χ0n) is 16.3. The van der Waals surface area contributed by atoms with Crippen molar-refractivity contribution in [2.45, 2.75) is 45.8 Å². The first-order valence-electron chi connectivity index (χ1n) is 8.81. The van der Waals surface area contributed by atoms with Crippen LogP contribution in [0.3, 0.4) is 0 Å². The highest BCUT2D eigenvalue weighted by molar-refractivity contribution is 6.62. The van der Waals surface area contributed by atoms with Gasteiger partial charge in [0, 0.05) is 23.2 Å². The molecule has 2 aromatic rings. The Kier molecular flexibility index (Phi) is 4.81. The van der Waals surface area contributed by atoms with E-state index in [1.807, 2.05) is 52.8 Å². The van der Waals surface area contributed by atoms with E-state index < -0.39 is 18.3 Å². The number of hydrogen-bond donors (Lipinski definition) is 2. The van der Waals surface area contributed by atoms with Crippen LogP contribution in [-0.4, -0.2) is 29.5 Å². The summed E-state index contributed by atoms with van der Waals surface area (Å²) >= 11 is 0. The monoisotopic (exact) mass is 362 g/mol. The second-order valence-electron chi connectivity index (χ2n) is 7.70. The van der Waals surface area contributed by atoms with Crippen LogP contribution in [0.5, 0.6) is 0 Å². The zero-order chi connectivity index (χ0) is 19.8. The Morgan fingerprint density at radius 2 is 1.81 bits per heavy atom. The second kappa shape index (κ2) is 6.80. The van der Waals surface area contributed by atoms with E-state index in [1.165, 1.54) is 6.21 Å². The lowest BCUT2D eigenvalue weighted by Crippen LogP contribution is -2.41. The fourth-order valence-corrected chi connectivity index (χ4v) is 2.87. The van der Waals surface area contributed by atoms with E-state index in [1.54, 1.807) is 12.1 Å². The lowest BCUT2D eigenvalue weighted by molar-refractivity contribution is 0.00578. The van der Waals surface area contributed by atoms with Gasteiger partial charge in [0.15, 0.2) is 0 Å². The number of pyridine rings is 1. The fourth-order valence-electron chi connectivity index (χ4n) is 2.87. The summed E-state index contributed by atoms with van der Waals surface area (Å²) in [6.45, 7) is 9.89. The maximum Gasteiger partial charge on any atom is 0.494 e. The summed E-state index contributed by atoms with van der Waals surface area (Å²) < 4.78 is 12.2. The minimum Gasteiger partial charge on any atom is -0.399 e. The van der Waals surface area contributed by atoms with Gasteiger partial charge in [0.05, 0.1) is 22.8 Å². The molecule has 2 heterocycles. The van der Waals surface area contributed by atoms with Crippen molar-refractivity contribution in [3.63, 3.8) is 0 Å². The fraction of sp³-hybridized carbons (Fsp3) is 0.350. The topological polar surface area (TPSA) is 91.0 Å². The minimum absolute atomic E-state index is 0.425. The van der Waals surface area contributed by atoms with Crippen LogP contribution in [0.15, 0.2) is 30.3 Å². The molecule has 1 aromatic carbocycles. The Bertz CT molecular complexity index is 918. The molecule has 1 aliphatic rings. The first-order chi connectivity index (χ1) is 12.6. The summed E-state index contributed by atoms with van der Waals surface area (Å²) in [6.07, 6.45) is 1.28. The molecule has 1 aliphatic heterocycles. The van der Waals surface area contributed by atoms with Gasteiger partial charge in [-0.3, -0.25) is 0 Å². The van der Waals surface area contributed by atoms with Gasteiger partial charge in [-0.05, 0) is 58.3 Å². The molecule has 2 N–H and O–H groups in total. The van der Waals surface area contributed by atoms with E-state index in [2.05, 4.69) is 16.4 Å². The summed E-state index contributed by atoms with van der Waals surface area (Å²) in [5.41, 5.74) is 2.70. The molecule has 0 amide bonds. The second-order valence-corrected chi connectivity index (χ2v) is 7.70. The lowest BCUT2D eigenvalue weighted by Gasteiger charge is -2.32. The van der Waals surface area contributed by atoms with Gasteiger partial charge < -0.3 is 20.0 Å². The number of benzene rings is 1. The van der Waals surface area contributed by atoms with Crippen molar-refractivity contribution < 1.29 is 9.31 Å². The van der Waals surface area contributed by atoms with Gasteiger partial charge in [-0.2, -0.15) is 5.26 Å². The first-order valence-corrected chi connectivity index (χ1v) is 8.81. The van der Waals surface area contributed by atoms with Crippen LogP contribution in [-0.2, 0) is 9.31 Å². The third-order valence-electron chi connectivity index (χ3n) is 5.10. The Balaban J connectivity index is 1.95. The molecule has 0 unspecified atom stereocenters. The maximum absolute atomic E-state index is 9.16. The van der Waals surface area contributed by atoms with Gasteiger partial charge in [-0.25, -0.2) is 4.98 Å². The average molecular weight is 362 g/mol. The largest absolute Gasteiger partial charge is 0.494 e. The molecule has 0 radical (unpaired) electrons. The zero-order valence-corrected chi connectivity index (χ0v) is 16.3. The molecule has 7 heteroatoms. The van der Waals surface area contributed by atoms with Gasteiger partial charge in [0.2, 0.25) is 0 Å². The van der Waals surface area contributed by atoms with Crippen molar-refractivity contribution in [1.29, 1.82) is 10.7 Å². The number of nitrogens with one attached hydrogen (secondary N) is 2. The molecule has 1 aromatic heterocycles. The van der Waals surface area contributed by atoms with Crippen LogP contribution < -0.4 is 10.8 Å². The highest BCUT2D eigenvalue weighted by Crippen LogP contribution is 2.36. The number of hydrogen-bond acceptors (Lipinski definition) is 6. The van der Waals surface area contributed by atoms with Crippen LogP contribution in [0.1, 0.15) is 44.5 Å². The number of anilines is 2. The Morgan fingerprint density at radius 3 is 2.41 bits per heavy atom. The van der Waals surface area contributed by atoms with E-state index in [9.17, 15) is 0 Å². The summed E-state index contributed by atoms with van der Waals surface area (Å²) in [5, 5.41) is 20.1. The number of aryl methyl sites for hydroxylation is 1. The van der Waals surface area contributed by atoms with Crippen molar-refractivity contribution in [3.8, 4) is 6.07 Å². The standard InChI is InChI=1S/C20H23BN4O2/c1-13-8-14(11-22)9-18(24-13)25-17-10-16(7-6-15(17)12-23)21-26-19(2,3)20(4,5)27-21/h6-10,12,23H,1-5H3,(H,24,25). The molecule has 0 spiro atoms. The molecule has 0 bridgehead atoms. The quantitative estimate of drug-likeness (QED) is 0.643. The SMILES string of the molecule is Cc1cc(C#N)cc(Nc2cc(B3OC(C)(C)C(C)(C)O3)ccc2C=N)n1. The van der Waals surface area contributed by atoms with Crippen LogP contribution in [0.4, 0.5) is 11.5 Å². The molecule has 3 rings (SSSR count). The Hall–Kier alpha value is -2.69. The van der Waals surface area contributed by atoms with E-state index in [-0.39, 0.29) is 0 Å². The number of rotatable bonds is 4. The summed E-state index contributed by atoms with van der Waals surface area (Å²) in [4.78, 5) is 4.43. The predicted octanol–water partition coefficient (Wildman–Crippen LogP) is 3.30. The average Bonchev–Trinajstić information content (AvgIpc) is 2.82. The molecule has 27 heavy (non-hydrogen) atoms. The molecule has 0 aliphatic carbocycles. The molecule has 0 saturated carbocycles. The predicted molar refractivity (Wildman–Crippen MR) is 107 cm³/mol. The number of nitrogens with zero attached hydrogens (tertiary/aromatic N) is 2. The van der Waals surface area contributed by atoms with Gasteiger partial charge >= 0.3 is 7.12 Å². The molecule has 0 atom stereocenters. The highest BCUT2D eigenvalue weighted by Gasteiger charge is 2.51. The molecule has 1 fully saturated rings. The van der Waals surface area contributed by atoms with Crippen molar-refractivity contribution >= 4 is 30.3 Å². The van der Waals surface area contributed by atoms with Crippen molar-refractivity contribution in [2.75, 3.05) is 5.32 Å². The molecular weight excluding hydrogens is 339 g/mol. The van der Waals surface area contributed by atoms with Crippen molar-refractivity contribution in [3.05, 3.63) is 47.2 Å². The van der Waals surface area contributed by atoms with Crippen molar-refractivity contribution in [2.24, 2.45) is 0 Å². The summed E-state index contributed by atoms with van der Waals surface area (Å²) in [6, 6.07) is 11.2. The maximum atomic E-state index is 9.16. The molecule has 1 saturated heterocycles. The highest BCUT2D eigenvalue weighted by atomic mass is 16.7. The van der Waals surface area contributed by atoms with E-state index in [0.29, 0.717) is 22.6 Å². The Morgan fingerprint density at radius 1 is 1.15 bits per heavy atom. The Labute approximate surface area is 160 Å². The minimum atomic E-state index is -0.490. The van der Waals surface area contributed by atoms with Gasteiger partial charge in [-0.1, -0.05) is 12.1 Å². The van der Waals surface area contributed by atoms with Crippen LogP contribution in [0, 0.1) is 23.7 Å². The van der Waals surface area contributed by atoms with Crippen molar-refractivity contribution in [1.82, 2.24) is 4.98 Å². The van der Waals surface area contributed by atoms with Gasteiger partial charge in [-0.15, -0.1) is 0 Å². The summed E-state index contributed by atoms with van der Waals surface area (Å²) in [7, 11) is -0.490. The van der Waals surface area contributed by atoms with Crippen LogP contribution in [0.2, 0.25) is 0 Å². The lowest BCUT2D eigenvalue weighted by atomic mass is 9.78. The van der Waals surface area contributed by atoms with Crippen LogP contribution in [0.25, 0.3) is 0 Å². The van der Waals surface area contributed by atoms with Gasteiger partial charge in [0.25, 0.3) is 0 Å². The van der Waals surface area contributed by atoms with Crippen LogP contribution >= 0.6 is 0 Å². The van der Waals surface area contributed by atoms with E-state index >= 15 is 0 Å². The molecule has 138 valence electrons. The third-order valence-corrected chi connectivity index (χ3v) is 5.10. The van der Waals surface area contributed by atoms with E-state index in [0.717, 1.165) is 11.2 Å². The molecule has 6 nitrogen and oxygen atoms in total. The number of nitriles is 1. The third kappa shape index (κ3) is 3.73. The number of aromatic nitrogens is 1. The van der Waals surface area contributed by atoms with E-state index in [4.69, 9.17) is 20.0 Å². The summed E-state index contributed by atoms with van der Waals surface area (Å²) in [5.74, 6) is 0.556. The first kappa shape index (κ1) is 19.1. The smallest absolute Gasteiger partial charge is 0.399 e. The molecular formula is C20H23BN4O2.